The number of ether oxygens (including phenoxy) is 1. The number of hydrogen-bond donors (Lipinski definition) is 1. The van der Waals surface area contributed by atoms with Crippen LogP contribution in [0.5, 0.6) is 0 Å². The fourth-order valence-electron chi connectivity index (χ4n) is 1.63. The molecule has 0 amide bonds. The average Bonchev–Trinajstić information content (AvgIpc) is 2.52. The molecule has 0 aliphatic heterocycles. The number of carbonyl (C=O) groups excluding carboxylic acids is 1. The zero-order valence-corrected chi connectivity index (χ0v) is 12.1. The molecule has 0 aliphatic carbocycles. The SMILES string of the molecule is O=C(OCCNc1ccc([N+](=O)[O-])cn1)c1ccccc1Cl. The van der Waals surface area contributed by atoms with Crippen LogP contribution in [0, 0.1) is 10.1 Å². The van der Waals surface area contributed by atoms with Crippen LogP contribution < -0.4 is 5.32 Å². The van der Waals surface area contributed by atoms with Gasteiger partial charge in [0.05, 0.1) is 22.1 Å². The number of nitrogens with zero attached hydrogens (tertiary/aromatic N) is 2. The van der Waals surface area contributed by atoms with Gasteiger partial charge in [0.2, 0.25) is 0 Å². The Balaban J connectivity index is 1.78. The first-order valence-corrected chi connectivity index (χ1v) is 6.71. The number of halogens is 1. The molecule has 1 aromatic heterocycles. The molecular weight excluding hydrogens is 310 g/mol. The first kappa shape index (κ1) is 15.7. The van der Waals surface area contributed by atoms with Crippen LogP contribution in [0.25, 0.3) is 0 Å². The lowest BCUT2D eigenvalue weighted by Crippen LogP contribution is -2.14. The summed E-state index contributed by atoms with van der Waals surface area (Å²) >= 11 is 5.89. The van der Waals surface area contributed by atoms with Crippen LogP contribution in [0.1, 0.15) is 10.4 Å². The van der Waals surface area contributed by atoms with E-state index < -0.39 is 10.9 Å². The van der Waals surface area contributed by atoms with E-state index in [1.165, 1.54) is 12.1 Å². The largest absolute Gasteiger partial charge is 0.460 e. The number of benzene rings is 1. The number of anilines is 1. The molecular formula is C14H12ClN3O4. The summed E-state index contributed by atoms with van der Waals surface area (Å²) in [6.45, 7) is 0.434. The Morgan fingerprint density at radius 3 is 2.73 bits per heavy atom. The van der Waals surface area contributed by atoms with E-state index in [1.807, 2.05) is 0 Å². The molecule has 0 radical (unpaired) electrons. The first-order chi connectivity index (χ1) is 10.6. The van der Waals surface area contributed by atoms with Crippen molar-refractivity contribution in [1.82, 2.24) is 4.98 Å². The van der Waals surface area contributed by atoms with E-state index in [2.05, 4.69) is 10.3 Å². The van der Waals surface area contributed by atoms with Crippen LogP contribution in [0.3, 0.4) is 0 Å². The fourth-order valence-corrected chi connectivity index (χ4v) is 1.84. The molecule has 0 saturated heterocycles. The number of rotatable bonds is 6. The van der Waals surface area contributed by atoms with E-state index >= 15 is 0 Å². The van der Waals surface area contributed by atoms with Gasteiger partial charge in [0.15, 0.2) is 0 Å². The van der Waals surface area contributed by atoms with Crippen molar-refractivity contribution < 1.29 is 14.5 Å². The summed E-state index contributed by atoms with van der Waals surface area (Å²) in [6, 6.07) is 9.43. The second kappa shape index (κ2) is 7.37. The van der Waals surface area contributed by atoms with Crippen molar-refractivity contribution in [2.75, 3.05) is 18.5 Å². The van der Waals surface area contributed by atoms with Gasteiger partial charge in [-0.15, -0.1) is 0 Å². The minimum atomic E-state index is -0.526. The average molecular weight is 322 g/mol. The molecule has 1 aromatic carbocycles. The Morgan fingerprint density at radius 1 is 1.32 bits per heavy atom. The van der Waals surface area contributed by atoms with E-state index in [1.54, 1.807) is 24.3 Å². The minimum absolute atomic E-state index is 0.0873. The summed E-state index contributed by atoms with van der Waals surface area (Å²) in [4.78, 5) is 25.6. The lowest BCUT2D eigenvalue weighted by Gasteiger charge is -2.07. The Labute approximate surface area is 131 Å². The molecule has 114 valence electrons. The number of esters is 1. The second-order valence-electron chi connectivity index (χ2n) is 4.20. The van der Waals surface area contributed by atoms with Gasteiger partial charge in [-0.05, 0) is 18.2 Å². The number of nitro groups is 1. The lowest BCUT2D eigenvalue weighted by atomic mass is 10.2. The molecule has 2 aromatic rings. The third kappa shape index (κ3) is 4.16. The quantitative estimate of drug-likeness (QED) is 0.380. The molecule has 2 rings (SSSR count). The Bertz CT molecular complexity index is 676. The van der Waals surface area contributed by atoms with Gasteiger partial charge in [-0.2, -0.15) is 0 Å². The van der Waals surface area contributed by atoms with Gasteiger partial charge < -0.3 is 10.1 Å². The Hall–Kier alpha value is -2.67. The normalized spacial score (nSPS) is 10.0. The van der Waals surface area contributed by atoms with E-state index in [0.29, 0.717) is 22.9 Å². The van der Waals surface area contributed by atoms with Gasteiger partial charge in [0.1, 0.15) is 18.6 Å². The van der Waals surface area contributed by atoms with E-state index in [4.69, 9.17) is 16.3 Å². The standard InChI is InChI=1S/C14H12ClN3O4/c15-12-4-2-1-3-11(12)14(19)22-8-7-16-13-6-5-10(9-17-13)18(20)21/h1-6,9H,7-8H2,(H,16,17). The van der Waals surface area contributed by atoms with Crippen molar-refractivity contribution in [3.63, 3.8) is 0 Å². The van der Waals surface area contributed by atoms with Crippen LogP contribution >= 0.6 is 11.6 Å². The number of carbonyl (C=O) groups is 1. The maximum atomic E-state index is 11.8. The van der Waals surface area contributed by atoms with Crippen LogP contribution in [0.2, 0.25) is 5.02 Å². The molecule has 8 heteroatoms. The van der Waals surface area contributed by atoms with Crippen molar-refractivity contribution in [1.29, 1.82) is 0 Å². The van der Waals surface area contributed by atoms with Gasteiger partial charge >= 0.3 is 5.97 Å². The number of aromatic nitrogens is 1. The molecule has 0 aliphatic rings. The van der Waals surface area contributed by atoms with Crippen molar-refractivity contribution in [2.24, 2.45) is 0 Å². The van der Waals surface area contributed by atoms with Crippen LogP contribution in [0.15, 0.2) is 42.6 Å². The third-order valence-electron chi connectivity index (χ3n) is 2.69. The van der Waals surface area contributed by atoms with Crippen molar-refractivity contribution in [2.45, 2.75) is 0 Å². The molecule has 0 unspecified atom stereocenters. The van der Waals surface area contributed by atoms with Crippen LogP contribution in [0.4, 0.5) is 11.5 Å². The maximum absolute atomic E-state index is 11.8. The molecule has 7 nitrogen and oxygen atoms in total. The van der Waals surface area contributed by atoms with Gasteiger partial charge in [-0.3, -0.25) is 10.1 Å². The van der Waals surface area contributed by atoms with Gasteiger partial charge in [-0.1, -0.05) is 23.7 Å². The summed E-state index contributed by atoms with van der Waals surface area (Å²) in [7, 11) is 0. The van der Waals surface area contributed by atoms with E-state index in [9.17, 15) is 14.9 Å². The van der Waals surface area contributed by atoms with Crippen LogP contribution in [-0.2, 0) is 4.74 Å². The summed E-state index contributed by atoms with van der Waals surface area (Å²) < 4.78 is 5.07. The zero-order chi connectivity index (χ0) is 15.9. The molecule has 0 saturated carbocycles. The van der Waals surface area contributed by atoms with Crippen LogP contribution in [-0.4, -0.2) is 29.0 Å². The summed E-state index contributed by atoms with van der Waals surface area (Å²) in [6.07, 6.45) is 1.15. The van der Waals surface area contributed by atoms with E-state index in [-0.39, 0.29) is 12.3 Å². The number of pyridine rings is 1. The molecule has 0 atom stereocenters. The molecule has 0 bridgehead atoms. The third-order valence-corrected chi connectivity index (χ3v) is 3.02. The van der Waals surface area contributed by atoms with Gasteiger partial charge in [0.25, 0.3) is 5.69 Å². The van der Waals surface area contributed by atoms with Gasteiger partial charge in [-0.25, -0.2) is 9.78 Å². The highest BCUT2D eigenvalue weighted by atomic mass is 35.5. The summed E-state index contributed by atoms with van der Waals surface area (Å²) in [5, 5.41) is 13.7. The second-order valence-corrected chi connectivity index (χ2v) is 4.61. The highest BCUT2D eigenvalue weighted by Gasteiger charge is 2.10. The monoisotopic (exact) mass is 321 g/mol. The zero-order valence-electron chi connectivity index (χ0n) is 11.4. The van der Waals surface area contributed by atoms with Crippen molar-refractivity contribution >= 4 is 29.1 Å². The Morgan fingerprint density at radius 2 is 2.09 bits per heavy atom. The predicted octanol–water partition coefficient (Wildman–Crippen LogP) is 2.91. The van der Waals surface area contributed by atoms with Gasteiger partial charge in [0, 0.05) is 6.07 Å². The molecule has 1 heterocycles. The summed E-state index contributed by atoms with van der Waals surface area (Å²) in [5.74, 6) is -0.0524. The molecule has 0 fully saturated rings. The lowest BCUT2D eigenvalue weighted by molar-refractivity contribution is -0.385. The molecule has 1 N–H and O–H groups in total. The molecule has 22 heavy (non-hydrogen) atoms. The minimum Gasteiger partial charge on any atom is -0.460 e. The predicted molar refractivity (Wildman–Crippen MR) is 81.1 cm³/mol. The Kier molecular flexibility index (Phi) is 5.26. The fraction of sp³-hybridized carbons (Fsp3) is 0.143. The van der Waals surface area contributed by atoms with E-state index in [0.717, 1.165) is 6.20 Å². The first-order valence-electron chi connectivity index (χ1n) is 6.34. The maximum Gasteiger partial charge on any atom is 0.339 e. The molecule has 0 spiro atoms. The van der Waals surface area contributed by atoms with Crippen molar-refractivity contribution in [3.05, 3.63) is 63.3 Å². The smallest absolute Gasteiger partial charge is 0.339 e. The highest BCUT2D eigenvalue weighted by molar-refractivity contribution is 6.33. The summed E-state index contributed by atoms with van der Waals surface area (Å²) in [5.41, 5.74) is 0.216. The number of nitrogens with one attached hydrogen (secondary N) is 1. The topological polar surface area (TPSA) is 94.4 Å². The number of hydrogen-bond acceptors (Lipinski definition) is 6. The van der Waals surface area contributed by atoms with Crippen molar-refractivity contribution in [3.8, 4) is 0 Å². The highest BCUT2D eigenvalue weighted by Crippen LogP contribution is 2.16.